The molecule has 198 valence electrons. The number of carbonyl (C=O) groups excluding carboxylic acids is 4. The molecule has 0 saturated heterocycles. The summed E-state index contributed by atoms with van der Waals surface area (Å²) in [4.78, 5) is 74.1. The molecule has 17 heteroatoms. The van der Waals surface area contributed by atoms with E-state index in [4.69, 9.17) is 28.0 Å². The Kier molecular flexibility index (Phi) is 14.0. The highest BCUT2D eigenvalue weighted by Gasteiger charge is 2.30. The summed E-state index contributed by atoms with van der Waals surface area (Å²) in [5, 5.41) is 34.1. The number of carboxylic acid groups (broad SMARTS) is 2. The predicted octanol–water partition coefficient (Wildman–Crippen LogP) is -5.36. The number of aliphatic hydroxyl groups excluding tert-OH is 1. The van der Waals surface area contributed by atoms with Gasteiger partial charge in [-0.15, -0.1) is 0 Å². The molecule has 4 unspecified atom stereocenters. The van der Waals surface area contributed by atoms with Gasteiger partial charge in [0.05, 0.1) is 19.1 Å². The summed E-state index contributed by atoms with van der Waals surface area (Å²) in [6.07, 6.45) is -1.42. The van der Waals surface area contributed by atoms with Crippen LogP contribution < -0.4 is 38.9 Å². The van der Waals surface area contributed by atoms with Gasteiger partial charge < -0.3 is 54.2 Å². The first-order valence-electron chi connectivity index (χ1n) is 10.3. The van der Waals surface area contributed by atoms with Crippen molar-refractivity contribution >= 4 is 41.5 Å². The largest absolute Gasteiger partial charge is 0.481 e. The van der Waals surface area contributed by atoms with Crippen molar-refractivity contribution in [2.45, 2.75) is 56.3 Å². The first kappa shape index (κ1) is 31.0. The van der Waals surface area contributed by atoms with Gasteiger partial charge in [-0.25, -0.2) is 4.79 Å². The molecule has 0 aliphatic carbocycles. The smallest absolute Gasteiger partial charge is 0.326 e. The van der Waals surface area contributed by atoms with Gasteiger partial charge in [-0.1, -0.05) is 0 Å². The second kappa shape index (κ2) is 15.8. The molecule has 17 nitrogen and oxygen atoms in total. The Bertz CT molecular complexity index is 816. The number of nitrogens with one attached hydrogen (secondary N) is 3. The molecule has 0 heterocycles. The van der Waals surface area contributed by atoms with E-state index in [0.717, 1.165) is 0 Å². The van der Waals surface area contributed by atoms with E-state index in [-0.39, 0.29) is 25.3 Å². The molecule has 0 bridgehead atoms. The van der Waals surface area contributed by atoms with Crippen LogP contribution in [0.25, 0.3) is 0 Å². The molecule has 35 heavy (non-hydrogen) atoms. The highest BCUT2D eigenvalue weighted by atomic mass is 16.4. The topological polar surface area (TPSA) is 316 Å². The summed E-state index contributed by atoms with van der Waals surface area (Å²) < 4.78 is 0. The van der Waals surface area contributed by atoms with Gasteiger partial charge in [0.2, 0.25) is 23.6 Å². The molecule has 0 aliphatic heterocycles. The van der Waals surface area contributed by atoms with Crippen LogP contribution in [0, 0.1) is 0 Å². The van der Waals surface area contributed by atoms with Crippen LogP contribution in [0.5, 0.6) is 0 Å². The van der Waals surface area contributed by atoms with E-state index < -0.39 is 85.6 Å². The number of carbonyl (C=O) groups is 6. The second-order valence-corrected chi connectivity index (χ2v) is 7.36. The first-order chi connectivity index (χ1) is 16.3. The Morgan fingerprint density at radius 1 is 0.800 bits per heavy atom. The Morgan fingerprint density at radius 2 is 1.34 bits per heavy atom. The first-order valence-corrected chi connectivity index (χ1v) is 10.3. The molecule has 0 fully saturated rings. The van der Waals surface area contributed by atoms with Crippen molar-refractivity contribution < 1.29 is 44.1 Å². The van der Waals surface area contributed by atoms with Crippen LogP contribution in [0.3, 0.4) is 0 Å². The fourth-order valence-electron chi connectivity index (χ4n) is 2.62. The summed E-state index contributed by atoms with van der Waals surface area (Å²) in [7, 11) is 0. The zero-order chi connectivity index (χ0) is 27.1. The Labute approximate surface area is 199 Å². The van der Waals surface area contributed by atoms with Gasteiger partial charge in [0.1, 0.15) is 18.1 Å². The van der Waals surface area contributed by atoms with E-state index in [9.17, 15) is 39.0 Å². The summed E-state index contributed by atoms with van der Waals surface area (Å²) in [5.41, 5.74) is 20.8. The zero-order valence-corrected chi connectivity index (χ0v) is 18.8. The van der Waals surface area contributed by atoms with E-state index in [1.54, 1.807) is 0 Å². The summed E-state index contributed by atoms with van der Waals surface area (Å²) in [6.45, 7) is -0.840. The van der Waals surface area contributed by atoms with Crippen molar-refractivity contribution in [2.24, 2.45) is 27.9 Å². The molecular formula is C18H32N8O9. The van der Waals surface area contributed by atoms with Crippen molar-refractivity contribution in [3.8, 4) is 0 Å². The number of aliphatic imine (C=N–C) groups is 1. The van der Waals surface area contributed by atoms with Gasteiger partial charge >= 0.3 is 11.9 Å². The van der Waals surface area contributed by atoms with Gasteiger partial charge in [0.15, 0.2) is 5.96 Å². The molecule has 0 aromatic heterocycles. The molecule has 0 saturated carbocycles. The van der Waals surface area contributed by atoms with E-state index in [1.165, 1.54) is 0 Å². The van der Waals surface area contributed by atoms with Crippen LogP contribution in [-0.4, -0.2) is 94.2 Å². The number of hydrogen-bond donors (Lipinski definition) is 10. The van der Waals surface area contributed by atoms with Crippen molar-refractivity contribution in [3.63, 3.8) is 0 Å². The number of nitrogens with two attached hydrogens (primary N) is 4. The summed E-state index contributed by atoms with van der Waals surface area (Å²) >= 11 is 0. The standard InChI is InChI=1S/C18H32N8O9/c19-8(6-12(20)28)14(31)26-11(7-27)16(33)24-9(3-4-13(29)30)15(32)25-10(17(34)35)2-1-5-23-18(21)22/h8-11,27H,1-7,19H2,(H2,20,28)(H,24,33)(H,25,32)(H,26,31)(H,29,30)(H,34,35)(H4,21,22,23). The molecule has 4 amide bonds. The highest BCUT2D eigenvalue weighted by Crippen LogP contribution is 2.04. The van der Waals surface area contributed by atoms with E-state index in [0.29, 0.717) is 0 Å². The quantitative estimate of drug-likeness (QED) is 0.0504. The van der Waals surface area contributed by atoms with Crippen LogP contribution in [0.2, 0.25) is 0 Å². The number of nitrogens with zero attached hydrogens (tertiary/aromatic N) is 1. The minimum atomic E-state index is -1.61. The van der Waals surface area contributed by atoms with E-state index in [2.05, 4.69) is 20.9 Å². The average Bonchev–Trinajstić information content (AvgIpc) is 2.75. The molecule has 0 radical (unpaired) electrons. The van der Waals surface area contributed by atoms with Crippen LogP contribution in [0.15, 0.2) is 4.99 Å². The SMILES string of the molecule is NC(=O)CC(N)C(=O)NC(CO)C(=O)NC(CCC(=O)O)C(=O)NC(CCCN=C(N)N)C(=O)O. The molecule has 0 aliphatic rings. The number of guanidine groups is 1. The molecule has 0 spiro atoms. The monoisotopic (exact) mass is 504 g/mol. The van der Waals surface area contributed by atoms with E-state index in [1.807, 2.05) is 0 Å². The Balaban J connectivity index is 5.34. The van der Waals surface area contributed by atoms with Crippen molar-refractivity contribution in [1.29, 1.82) is 0 Å². The Hall–Kier alpha value is -3.99. The molecule has 4 atom stereocenters. The van der Waals surface area contributed by atoms with Crippen molar-refractivity contribution in [1.82, 2.24) is 16.0 Å². The normalized spacial score (nSPS) is 13.9. The molecular weight excluding hydrogens is 472 g/mol. The minimum Gasteiger partial charge on any atom is -0.481 e. The second-order valence-electron chi connectivity index (χ2n) is 7.36. The van der Waals surface area contributed by atoms with Gasteiger partial charge in [-0.05, 0) is 19.3 Å². The number of rotatable bonds is 17. The van der Waals surface area contributed by atoms with Gasteiger partial charge in [0.25, 0.3) is 0 Å². The van der Waals surface area contributed by atoms with Crippen LogP contribution in [0.1, 0.15) is 32.1 Å². The van der Waals surface area contributed by atoms with Gasteiger partial charge in [-0.3, -0.25) is 29.0 Å². The fraction of sp³-hybridized carbons (Fsp3) is 0.611. The number of carboxylic acids is 2. The number of primary amides is 1. The molecule has 0 aromatic carbocycles. The van der Waals surface area contributed by atoms with Gasteiger partial charge in [0, 0.05) is 13.0 Å². The maximum Gasteiger partial charge on any atom is 0.326 e. The lowest BCUT2D eigenvalue weighted by molar-refractivity contribution is -0.143. The predicted molar refractivity (Wildman–Crippen MR) is 119 cm³/mol. The number of aliphatic carboxylic acids is 2. The Morgan fingerprint density at radius 3 is 1.83 bits per heavy atom. The third kappa shape index (κ3) is 13.3. The summed E-state index contributed by atoms with van der Waals surface area (Å²) in [6, 6.07) is -5.95. The lowest BCUT2D eigenvalue weighted by Gasteiger charge is -2.24. The van der Waals surface area contributed by atoms with Crippen molar-refractivity contribution in [2.75, 3.05) is 13.2 Å². The van der Waals surface area contributed by atoms with Crippen molar-refractivity contribution in [3.05, 3.63) is 0 Å². The van der Waals surface area contributed by atoms with Crippen LogP contribution in [0.4, 0.5) is 0 Å². The van der Waals surface area contributed by atoms with E-state index >= 15 is 0 Å². The lowest BCUT2D eigenvalue weighted by atomic mass is 10.1. The fourth-order valence-corrected chi connectivity index (χ4v) is 2.62. The molecule has 14 N–H and O–H groups in total. The summed E-state index contributed by atoms with van der Waals surface area (Å²) in [5.74, 6) is -6.85. The van der Waals surface area contributed by atoms with Crippen LogP contribution in [-0.2, 0) is 28.8 Å². The number of amides is 4. The van der Waals surface area contributed by atoms with Gasteiger partial charge in [-0.2, -0.15) is 0 Å². The third-order valence-corrected chi connectivity index (χ3v) is 4.41. The minimum absolute atomic E-state index is 0.0788. The highest BCUT2D eigenvalue weighted by molar-refractivity contribution is 5.95. The number of aliphatic hydroxyl groups is 1. The maximum absolute atomic E-state index is 12.6. The maximum atomic E-state index is 12.6. The van der Waals surface area contributed by atoms with Crippen LogP contribution >= 0.6 is 0 Å². The third-order valence-electron chi connectivity index (χ3n) is 4.41. The lowest BCUT2D eigenvalue weighted by Crippen LogP contribution is -2.58. The average molecular weight is 505 g/mol. The zero-order valence-electron chi connectivity index (χ0n) is 18.8. The molecule has 0 rings (SSSR count). The molecule has 0 aromatic rings. The number of hydrogen-bond acceptors (Lipinski definition) is 9.